The van der Waals surface area contributed by atoms with Crippen LogP contribution in [0, 0.1) is 0 Å². The Balaban J connectivity index is 1.95. The van der Waals surface area contributed by atoms with E-state index in [1.54, 1.807) is 30.7 Å². The lowest BCUT2D eigenvalue weighted by atomic mass is 10.1. The van der Waals surface area contributed by atoms with Crippen LogP contribution in [-0.4, -0.2) is 35.0 Å². The number of ether oxygens (including phenoxy) is 2. The average molecular weight is 369 g/mol. The van der Waals surface area contributed by atoms with Crippen molar-refractivity contribution >= 4 is 17.7 Å². The molecule has 0 saturated carbocycles. The molecule has 1 amide bonds. The average Bonchev–Trinajstić information content (AvgIpc) is 3.01. The summed E-state index contributed by atoms with van der Waals surface area (Å²) in [4.78, 5) is 23.3. The van der Waals surface area contributed by atoms with Crippen LogP contribution in [0.15, 0.2) is 47.5 Å². The number of thioether (sulfide) groups is 1. The SMILES string of the molecule is C=CS/C(=C\C)N1Cc2nc(-c3cnc(OC)c(OC)c3)ccc2C1=O. The largest absolute Gasteiger partial charge is 0.491 e. The van der Waals surface area contributed by atoms with Gasteiger partial charge in [0.2, 0.25) is 0 Å². The van der Waals surface area contributed by atoms with Gasteiger partial charge in [-0.25, -0.2) is 4.98 Å². The van der Waals surface area contributed by atoms with Crippen LogP contribution in [0.1, 0.15) is 23.0 Å². The highest BCUT2D eigenvalue weighted by Gasteiger charge is 2.31. The van der Waals surface area contributed by atoms with E-state index in [0.29, 0.717) is 23.7 Å². The first kappa shape index (κ1) is 18.0. The molecule has 7 heteroatoms. The Hall–Kier alpha value is -2.80. The van der Waals surface area contributed by atoms with E-state index >= 15 is 0 Å². The van der Waals surface area contributed by atoms with Gasteiger partial charge in [0.05, 0.1) is 42.7 Å². The zero-order valence-corrected chi connectivity index (χ0v) is 15.7. The quantitative estimate of drug-likeness (QED) is 0.770. The van der Waals surface area contributed by atoms with E-state index in [9.17, 15) is 4.79 Å². The van der Waals surface area contributed by atoms with E-state index in [1.807, 2.05) is 31.2 Å². The number of hydrogen-bond donors (Lipinski definition) is 0. The van der Waals surface area contributed by atoms with Crippen molar-refractivity contribution < 1.29 is 14.3 Å². The summed E-state index contributed by atoms with van der Waals surface area (Å²) in [6, 6.07) is 5.45. The number of carbonyl (C=O) groups excluding carboxylic acids is 1. The molecule has 134 valence electrons. The van der Waals surface area contributed by atoms with Crippen LogP contribution >= 0.6 is 11.8 Å². The van der Waals surface area contributed by atoms with E-state index in [2.05, 4.69) is 16.5 Å². The maximum Gasteiger partial charge on any atom is 0.260 e. The Morgan fingerprint density at radius 2 is 2.15 bits per heavy atom. The van der Waals surface area contributed by atoms with Crippen LogP contribution < -0.4 is 9.47 Å². The Morgan fingerprint density at radius 1 is 1.35 bits per heavy atom. The number of nitrogens with zero attached hydrogens (tertiary/aromatic N) is 3. The predicted molar refractivity (Wildman–Crippen MR) is 102 cm³/mol. The van der Waals surface area contributed by atoms with Gasteiger partial charge in [0.1, 0.15) is 0 Å². The van der Waals surface area contributed by atoms with Crippen LogP contribution in [0.2, 0.25) is 0 Å². The zero-order chi connectivity index (χ0) is 18.7. The van der Waals surface area contributed by atoms with Gasteiger partial charge in [-0.15, -0.1) is 0 Å². The fraction of sp³-hybridized carbons (Fsp3) is 0.211. The highest BCUT2D eigenvalue weighted by atomic mass is 32.2. The van der Waals surface area contributed by atoms with Gasteiger partial charge in [-0.2, -0.15) is 0 Å². The molecular weight excluding hydrogens is 350 g/mol. The van der Waals surface area contributed by atoms with Crippen LogP contribution in [-0.2, 0) is 6.54 Å². The summed E-state index contributed by atoms with van der Waals surface area (Å²) in [6.07, 6.45) is 3.57. The minimum absolute atomic E-state index is 0.0491. The van der Waals surface area contributed by atoms with Gasteiger partial charge in [-0.1, -0.05) is 24.4 Å². The molecule has 3 heterocycles. The maximum absolute atomic E-state index is 12.7. The third kappa shape index (κ3) is 3.17. The molecule has 6 nitrogen and oxygen atoms in total. The number of allylic oxidation sites excluding steroid dienone is 1. The first-order valence-corrected chi connectivity index (χ1v) is 8.85. The first-order chi connectivity index (χ1) is 12.6. The van der Waals surface area contributed by atoms with E-state index in [-0.39, 0.29) is 5.91 Å². The summed E-state index contributed by atoms with van der Waals surface area (Å²) >= 11 is 1.42. The molecule has 0 unspecified atom stereocenters. The third-order valence-corrected chi connectivity index (χ3v) is 4.87. The predicted octanol–water partition coefficient (Wildman–Crippen LogP) is 3.85. The lowest BCUT2D eigenvalue weighted by Gasteiger charge is -2.16. The molecule has 0 bridgehead atoms. The molecule has 1 aliphatic heterocycles. The molecule has 0 aromatic carbocycles. The van der Waals surface area contributed by atoms with E-state index in [4.69, 9.17) is 9.47 Å². The van der Waals surface area contributed by atoms with Crippen LogP contribution in [0.4, 0.5) is 0 Å². The fourth-order valence-electron chi connectivity index (χ4n) is 2.77. The van der Waals surface area contributed by atoms with Crippen molar-refractivity contribution in [3.63, 3.8) is 0 Å². The molecule has 26 heavy (non-hydrogen) atoms. The maximum atomic E-state index is 12.7. The normalized spacial score (nSPS) is 13.6. The molecule has 0 saturated heterocycles. The summed E-state index contributed by atoms with van der Waals surface area (Å²) < 4.78 is 10.5. The van der Waals surface area contributed by atoms with Crippen molar-refractivity contribution in [2.75, 3.05) is 14.2 Å². The molecule has 0 N–H and O–H groups in total. The monoisotopic (exact) mass is 369 g/mol. The Bertz CT molecular complexity index is 896. The summed E-state index contributed by atoms with van der Waals surface area (Å²) in [6.45, 7) is 6.05. The van der Waals surface area contributed by atoms with E-state index < -0.39 is 0 Å². The number of pyridine rings is 2. The number of amides is 1. The second-order valence-corrected chi connectivity index (χ2v) is 6.42. The van der Waals surface area contributed by atoms with Crippen LogP contribution in [0.3, 0.4) is 0 Å². The summed E-state index contributed by atoms with van der Waals surface area (Å²) in [5, 5.41) is 2.55. The Morgan fingerprint density at radius 3 is 2.81 bits per heavy atom. The topological polar surface area (TPSA) is 64.6 Å². The van der Waals surface area contributed by atoms with Gasteiger partial charge in [0.15, 0.2) is 5.75 Å². The molecule has 1 aliphatic rings. The molecule has 2 aromatic rings. The summed E-state index contributed by atoms with van der Waals surface area (Å²) in [5.74, 6) is 0.897. The fourth-order valence-corrected chi connectivity index (χ4v) is 3.35. The number of fused-ring (bicyclic) bond motifs is 1. The molecule has 0 spiro atoms. The number of carbonyl (C=O) groups is 1. The van der Waals surface area contributed by atoms with Gasteiger partial charge >= 0.3 is 0 Å². The van der Waals surface area contributed by atoms with Crippen molar-refractivity contribution in [2.45, 2.75) is 13.5 Å². The molecule has 0 radical (unpaired) electrons. The van der Waals surface area contributed by atoms with Crippen molar-refractivity contribution in [3.05, 3.63) is 58.7 Å². The molecule has 0 atom stereocenters. The Labute approximate surface area is 156 Å². The minimum atomic E-state index is -0.0491. The number of aromatic nitrogens is 2. The third-order valence-electron chi connectivity index (χ3n) is 4.00. The van der Waals surface area contributed by atoms with Crippen molar-refractivity contribution in [1.82, 2.24) is 14.9 Å². The van der Waals surface area contributed by atoms with Crippen molar-refractivity contribution in [2.24, 2.45) is 0 Å². The lowest BCUT2D eigenvalue weighted by molar-refractivity contribution is 0.0837. The molecule has 3 rings (SSSR count). The standard InChI is InChI=1S/C19H19N3O3S/c1-5-17(26-6-2)22-11-15-13(19(22)23)7-8-14(21-15)12-9-16(24-3)18(25-4)20-10-12/h5-10H,2,11H2,1,3-4H3/b17-5-. The molecule has 2 aromatic heterocycles. The second kappa shape index (κ2) is 7.61. The zero-order valence-electron chi connectivity index (χ0n) is 14.9. The number of hydrogen-bond acceptors (Lipinski definition) is 6. The number of rotatable bonds is 6. The van der Waals surface area contributed by atoms with Gasteiger partial charge in [0.25, 0.3) is 11.8 Å². The molecular formula is C19H19N3O3S. The minimum Gasteiger partial charge on any atom is -0.491 e. The molecule has 0 fully saturated rings. The van der Waals surface area contributed by atoms with Gasteiger partial charge in [-0.3, -0.25) is 14.7 Å². The highest BCUT2D eigenvalue weighted by molar-refractivity contribution is 8.05. The molecule has 0 aliphatic carbocycles. The smallest absolute Gasteiger partial charge is 0.260 e. The highest BCUT2D eigenvalue weighted by Crippen LogP contribution is 2.33. The van der Waals surface area contributed by atoms with Crippen molar-refractivity contribution in [1.29, 1.82) is 0 Å². The first-order valence-electron chi connectivity index (χ1n) is 7.97. The lowest BCUT2D eigenvalue weighted by Crippen LogP contribution is -2.21. The van der Waals surface area contributed by atoms with E-state index in [1.165, 1.54) is 11.8 Å². The summed E-state index contributed by atoms with van der Waals surface area (Å²) in [5.41, 5.74) is 2.88. The van der Waals surface area contributed by atoms with Gasteiger partial charge < -0.3 is 9.47 Å². The van der Waals surface area contributed by atoms with Crippen molar-refractivity contribution in [3.8, 4) is 22.9 Å². The summed E-state index contributed by atoms with van der Waals surface area (Å²) in [7, 11) is 3.10. The van der Waals surface area contributed by atoms with Gasteiger partial charge in [0, 0.05) is 11.8 Å². The van der Waals surface area contributed by atoms with E-state index in [0.717, 1.165) is 22.0 Å². The van der Waals surface area contributed by atoms with Gasteiger partial charge in [-0.05, 0) is 30.5 Å². The Kier molecular flexibility index (Phi) is 5.27. The number of methoxy groups -OCH3 is 2. The second-order valence-electron chi connectivity index (χ2n) is 5.43. The van der Waals surface area contributed by atoms with Crippen LogP contribution in [0.5, 0.6) is 11.6 Å². The van der Waals surface area contributed by atoms with Crippen LogP contribution in [0.25, 0.3) is 11.3 Å².